The summed E-state index contributed by atoms with van der Waals surface area (Å²) in [7, 11) is 0. The lowest BCUT2D eigenvalue weighted by atomic mass is 10.1. The number of carbonyl (C=O) groups excluding carboxylic acids is 1. The summed E-state index contributed by atoms with van der Waals surface area (Å²) in [5.74, 6) is 0.260. The van der Waals surface area contributed by atoms with Crippen LogP contribution >= 0.6 is 11.3 Å². The monoisotopic (exact) mass is 284 g/mol. The molecule has 0 spiro atoms. The molecule has 19 heavy (non-hydrogen) atoms. The molecule has 0 radical (unpaired) electrons. The molecule has 0 aliphatic rings. The topological polar surface area (TPSA) is 71.2 Å². The molecule has 3 N–H and O–H groups in total. The van der Waals surface area contributed by atoms with E-state index in [1.54, 1.807) is 4.90 Å². The summed E-state index contributed by atoms with van der Waals surface area (Å²) in [6, 6.07) is 0.151. The molecule has 5 nitrogen and oxygen atoms in total. The Balaban J connectivity index is 2.99. The number of rotatable bonds is 4. The Morgan fingerprint density at radius 1 is 1.47 bits per heavy atom. The molecule has 1 heterocycles. The SMILES string of the molecule is CCN(C(=O)c1sc(NC(C)(C)C)nc1N)C(C)C. The van der Waals surface area contributed by atoms with Crippen molar-refractivity contribution in [3.05, 3.63) is 4.88 Å². The number of anilines is 2. The van der Waals surface area contributed by atoms with E-state index in [9.17, 15) is 4.79 Å². The summed E-state index contributed by atoms with van der Waals surface area (Å²) >= 11 is 1.32. The number of nitrogens with two attached hydrogens (primary N) is 1. The van der Waals surface area contributed by atoms with E-state index in [2.05, 4.69) is 10.3 Å². The van der Waals surface area contributed by atoms with Crippen molar-refractivity contribution in [2.24, 2.45) is 0 Å². The molecule has 0 saturated heterocycles. The highest BCUT2D eigenvalue weighted by Crippen LogP contribution is 2.28. The molecule has 0 aliphatic carbocycles. The molecule has 0 unspecified atom stereocenters. The van der Waals surface area contributed by atoms with Crippen molar-refractivity contribution in [2.45, 2.75) is 53.1 Å². The highest BCUT2D eigenvalue weighted by molar-refractivity contribution is 7.18. The third-order valence-electron chi connectivity index (χ3n) is 2.55. The largest absolute Gasteiger partial charge is 0.382 e. The van der Waals surface area contributed by atoms with Gasteiger partial charge in [-0.1, -0.05) is 11.3 Å². The molecule has 0 atom stereocenters. The van der Waals surface area contributed by atoms with Crippen LogP contribution in [-0.2, 0) is 0 Å². The van der Waals surface area contributed by atoms with Crippen LogP contribution in [0.15, 0.2) is 0 Å². The number of nitrogen functional groups attached to an aromatic ring is 1. The van der Waals surface area contributed by atoms with Gasteiger partial charge in [0.1, 0.15) is 10.7 Å². The van der Waals surface area contributed by atoms with Crippen molar-refractivity contribution in [2.75, 3.05) is 17.6 Å². The first-order valence-electron chi connectivity index (χ1n) is 6.51. The minimum atomic E-state index is -0.104. The van der Waals surface area contributed by atoms with E-state index in [0.717, 1.165) is 0 Å². The van der Waals surface area contributed by atoms with Crippen molar-refractivity contribution in [3.63, 3.8) is 0 Å². The van der Waals surface area contributed by atoms with Gasteiger partial charge in [-0.2, -0.15) is 0 Å². The van der Waals surface area contributed by atoms with E-state index in [1.807, 2.05) is 41.5 Å². The standard InChI is InChI=1S/C13H24N4OS/c1-7-17(8(2)3)11(18)9-10(14)15-12(19-9)16-13(4,5)6/h8H,7,14H2,1-6H3,(H,15,16). The number of hydrogen-bond acceptors (Lipinski definition) is 5. The van der Waals surface area contributed by atoms with Gasteiger partial charge in [0.2, 0.25) is 0 Å². The van der Waals surface area contributed by atoms with Gasteiger partial charge in [-0.05, 0) is 41.5 Å². The molecular formula is C13H24N4OS. The van der Waals surface area contributed by atoms with Crippen molar-refractivity contribution in [3.8, 4) is 0 Å². The molecule has 108 valence electrons. The van der Waals surface area contributed by atoms with Crippen LogP contribution in [0.4, 0.5) is 10.9 Å². The van der Waals surface area contributed by atoms with E-state index in [-0.39, 0.29) is 17.5 Å². The molecule has 0 fully saturated rings. The Labute approximate surface area is 119 Å². The molecular weight excluding hydrogens is 260 g/mol. The van der Waals surface area contributed by atoms with E-state index in [1.165, 1.54) is 11.3 Å². The van der Waals surface area contributed by atoms with Gasteiger partial charge in [0.15, 0.2) is 5.13 Å². The minimum absolute atomic E-state index is 0.0468. The Hall–Kier alpha value is -1.30. The average Bonchev–Trinajstić information content (AvgIpc) is 2.56. The second-order valence-electron chi connectivity index (χ2n) is 5.79. The van der Waals surface area contributed by atoms with Gasteiger partial charge >= 0.3 is 0 Å². The Kier molecular flexibility index (Phi) is 4.79. The van der Waals surface area contributed by atoms with Gasteiger partial charge in [0, 0.05) is 18.1 Å². The van der Waals surface area contributed by atoms with Crippen LogP contribution in [0.3, 0.4) is 0 Å². The highest BCUT2D eigenvalue weighted by Gasteiger charge is 2.24. The van der Waals surface area contributed by atoms with Crippen LogP contribution in [0.2, 0.25) is 0 Å². The first-order chi connectivity index (χ1) is 8.65. The van der Waals surface area contributed by atoms with E-state index >= 15 is 0 Å². The summed E-state index contributed by atoms with van der Waals surface area (Å²) in [5, 5.41) is 3.93. The van der Waals surface area contributed by atoms with Crippen LogP contribution in [0.5, 0.6) is 0 Å². The Morgan fingerprint density at radius 2 is 2.05 bits per heavy atom. The van der Waals surface area contributed by atoms with E-state index in [0.29, 0.717) is 22.4 Å². The molecule has 1 aromatic heterocycles. The lowest BCUT2D eigenvalue weighted by Crippen LogP contribution is -2.36. The number of thiazole rings is 1. The zero-order chi connectivity index (χ0) is 14.8. The number of nitrogens with zero attached hydrogens (tertiary/aromatic N) is 2. The fourth-order valence-corrected chi connectivity index (χ4v) is 2.78. The third kappa shape index (κ3) is 4.09. The average molecular weight is 284 g/mol. The molecule has 0 saturated carbocycles. The smallest absolute Gasteiger partial charge is 0.268 e. The second-order valence-corrected chi connectivity index (χ2v) is 6.79. The number of hydrogen-bond donors (Lipinski definition) is 2. The van der Waals surface area contributed by atoms with Crippen molar-refractivity contribution in [1.82, 2.24) is 9.88 Å². The Morgan fingerprint density at radius 3 is 2.47 bits per heavy atom. The summed E-state index contributed by atoms with van der Waals surface area (Å²) in [6.45, 7) is 12.7. The third-order valence-corrected chi connectivity index (χ3v) is 3.53. The van der Waals surface area contributed by atoms with Crippen molar-refractivity contribution >= 4 is 28.2 Å². The number of nitrogens with one attached hydrogen (secondary N) is 1. The number of aromatic nitrogens is 1. The molecule has 0 aromatic carbocycles. The van der Waals surface area contributed by atoms with Crippen LogP contribution < -0.4 is 11.1 Å². The molecule has 1 rings (SSSR count). The van der Waals surface area contributed by atoms with Crippen LogP contribution in [0, 0.1) is 0 Å². The highest BCUT2D eigenvalue weighted by atomic mass is 32.1. The fourth-order valence-electron chi connectivity index (χ4n) is 1.73. The van der Waals surface area contributed by atoms with Gasteiger partial charge in [-0.15, -0.1) is 0 Å². The van der Waals surface area contributed by atoms with Gasteiger partial charge in [-0.3, -0.25) is 4.79 Å². The summed E-state index contributed by atoms with van der Waals surface area (Å²) in [6.07, 6.45) is 0. The van der Waals surface area contributed by atoms with Crippen LogP contribution in [0.1, 0.15) is 51.2 Å². The maximum Gasteiger partial charge on any atom is 0.268 e. The molecule has 6 heteroatoms. The van der Waals surface area contributed by atoms with Gasteiger partial charge in [-0.25, -0.2) is 4.98 Å². The summed E-state index contributed by atoms with van der Waals surface area (Å²) < 4.78 is 0. The van der Waals surface area contributed by atoms with Crippen LogP contribution in [0.25, 0.3) is 0 Å². The van der Waals surface area contributed by atoms with Crippen molar-refractivity contribution < 1.29 is 4.79 Å². The number of amides is 1. The first-order valence-corrected chi connectivity index (χ1v) is 7.32. The predicted molar refractivity (Wildman–Crippen MR) is 81.7 cm³/mol. The lowest BCUT2D eigenvalue weighted by molar-refractivity contribution is 0.0722. The first kappa shape index (κ1) is 15.8. The van der Waals surface area contributed by atoms with E-state index in [4.69, 9.17) is 5.73 Å². The number of carbonyl (C=O) groups is 1. The Bertz CT molecular complexity index is 448. The second kappa shape index (κ2) is 5.77. The van der Waals surface area contributed by atoms with Gasteiger partial charge in [0.25, 0.3) is 5.91 Å². The zero-order valence-electron chi connectivity index (χ0n) is 12.6. The van der Waals surface area contributed by atoms with Gasteiger partial charge in [0.05, 0.1) is 0 Å². The van der Waals surface area contributed by atoms with Crippen LogP contribution in [-0.4, -0.2) is 33.9 Å². The minimum Gasteiger partial charge on any atom is -0.382 e. The summed E-state index contributed by atoms with van der Waals surface area (Å²) in [4.78, 5) is 18.9. The fraction of sp³-hybridized carbons (Fsp3) is 0.692. The lowest BCUT2D eigenvalue weighted by Gasteiger charge is -2.24. The maximum absolute atomic E-state index is 12.4. The predicted octanol–water partition coefficient (Wildman–Crippen LogP) is 2.81. The van der Waals surface area contributed by atoms with Crippen molar-refractivity contribution in [1.29, 1.82) is 0 Å². The molecule has 0 aliphatic heterocycles. The maximum atomic E-state index is 12.4. The quantitative estimate of drug-likeness (QED) is 0.892. The molecule has 1 aromatic rings. The molecule has 0 bridgehead atoms. The normalized spacial score (nSPS) is 11.7. The molecule has 1 amide bonds. The summed E-state index contributed by atoms with van der Waals surface area (Å²) in [5.41, 5.74) is 5.76. The van der Waals surface area contributed by atoms with E-state index < -0.39 is 0 Å². The van der Waals surface area contributed by atoms with Gasteiger partial charge < -0.3 is 16.0 Å². The zero-order valence-corrected chi connectivity index (χ0v) is 13.4.